The smallest absolute Gasteiger partial charge is 0.379 e. The summed E-state index contributed by atoms with van der Waals surface area (Å²) in [4.78, 5) is 11.8. The van der Waals surface area contributed by atoms with E-state index in [1.54, 1.807) is 23.4 Å². The van der Waals surface area contributed by atoms with Crippen LogP contribution in [0.3, 0.4) is 0 Å². The molecule has 2 fully saturated rings. The molecule has 4 rings (SSSR count). The van der Waals surface area contributed by atoms with Crippen LogP contribution in [-0.4, -0.2) is 74.0 Å². The lowest BCUT2D eigenvalue weighted by Gasteiger charge is -2.32. The minimum Gasteiger partial charge on any atom is -0.379 e. The number of hydrogen-bond donors (Lipinski definition) is 0. The second-order valence-corrected chi connectivity index (χ2v) is 9.86. The molecule has 2 saturated heterocycles. The highest BCUT2D eigenvalue weighted by Crippen LogP contribution is 2.38. The molecular formula is C20H23F3N4O3S. The van der Waals surface area contributed by atoms with Gasteiger partial charge in [0.15, 0.2) is 9.84 Å². The number of halogens is 3. The molecule has 2 aromatic rings. The molecule has 0 aliphatic carbocycles. The van der Waals surface area contributed by atoms with Gasteiger partial charge < -0.3 is 9.64 Å². The van der Waals surface area contributed by atoms with Crippen molar-refractivity contribution in [2.45, 2.75) is 28.8 Å². The fourth-order valence-electron chi connectivity index (χ4n) is 4.17. The van der Waals surface area contributed by atoms with Crippen LogP contribution in [0.4, 0.5) is 19.1 Å². The predicted octanol–water partition coefficient (Wildman–Crippen LogP) is 2.25. The Hall–Kier alpha value is -2.24. The van der Waals surface area contributed by atoms with E-state index in [2.05, 4.69) is 14.9 Å². The molecule has 168 valence electrons. The molecule has 2 aliphatic heterocycles. The third-order valence-corrected chi connectivity index (χ3v) is 7.88. The van der Waals surface area contributed by atoms with Crippen molar-refractivity contribution in [1.29, 1.82) is 0 Å². The quantitative estimate of drug-likeness (QED) is 0.683. The summed E-state index contributed by atoms with van der Waals surface area (Å²) in [6.07, 6.45) is -1.42. The number of sulfone groups is 1. The summed E-state index contributed by atoms with van der Waals surface area (Å²) in [5.41, 5.74) is -1.13. The van der Waals surface area contributed by atoms with Gasteiger partial charge in [-0.05, 0) is 24.6 Å². The molecule has 0 N–H and O–H groups in total. The Balaban J connectivity index is 1.65. The molecular weight excluding hydrogens is 433 g/mol. The lowest BCUT2D eigenvalue weighted by atomic mass is 10.2. The zero-order chi connectivity index (χ0) is 22.1. The Morgan fingerprint density at radius 3 is 2.42 bits per heavy atom. The van der Waals surface area contributed by atoms with Gasteiger partial charge in [0.1, 0.15) is 0 Å². The zero-order valence-electron chi connectivity index (χ0n) is 16.7. The first-order valence-corrected chi connectivity index (χ1v) is 11.6. The van der Waals surface area contributed by atoms with Crippen LogP contribution in [0.25, 0.3) is 0 Å². The number of anilines is 1. The van der Waals surface area contributed by atoms with Crippen molar-refractivity contribution in [3.05, 3.63) is 48.3 Å². The highest BCUT2D eigenvalue weighted by molar-refractivity contribution is 7.92. The number of alkyl halides is 3. The summed E-state index contributed by atoms with van der Waals surface area (Å²) in [6, 6.07) is 5.78. The molecule has 31 heavy (non-hydrogen) atoms. The van der Waals surface area contributed by atoms with E-state index in [1.807, 2.05) is 0 Å². The Kier molecular flexibility index (Phi) is 6.18. The Morgan fingerprint density at radius 1 is 1.06 bits per heavy atom. The molecule has 11 heteroatoms. The van der Waals surface area contributed by atoms with E-state index < -0.39 is 31.7 Å². The molecule has 2 aliphatic rings. The van der Waals surface area contributed by atoms with E-state index in [9.17, 15) is 21.6 Å². The number of morpholine rings is 1. The Bertz CT molecular complexity index is 998. The molecule has 7 nitrogen and oxygen atoms in total. The van der Waals surface area contributed by atoms with Crippen molar-refractivity contribution in [1.82, 2.24) is 14.9 Å². The van der Waals surface area contributed by atoms with Gasteiger partial charge >= 0.3 is 6.18 Å². The summed E-state index contributed by atoms with van der Waals surface area (Å²) in [5.74, 6) is 0.377. The van der Waals surface area contributed by atoms with Gasteiger partial charge in [-0.1, -0.05) is 12.1 Å². The van der Waals surface area contributed by atoms with Crippen molar-refractivity contribution in [3.63, 3.8) is 0 Å². The summed E-state index contributed by atoms with van der Waals surface area (Å²) in [6.45, 7) is 3.22. The second-order valence-electron chi connectivity index (χ2n) is 7.66. The number of nitrogens with zero attached hydrogens (tertiary/aromatic N) is 4. The van der Waals surface area contributed by atoms with Crippen LogP contribution in [-0.2, 0) is 20.8 Å². The SMILES string of the molecule is O=S(=O)(c1ccccc1C(F)(F)F)[C@H]1C[C@H](CN2CCOCC2)N(c2ncccn2)C1. The van der Waals surface area contributed by atoms with Crippen LogP contribution in [0, 0.1) is 0 Å². The molecule has 0 spiro atoms. The highest BCUT2D eigenvalue weighted by Gasteiger charge is 2.45. The van der Waals surface area contributed by atoms with Crippen molar-refractivity contribution in [2.24, 2.45) is 0 Å². The van der Waals surface area contributed by atoms with Gasteiger partial charge in [-0.3, -0.25) is 4.90 Å². The maximum Gasteiger partial charge on any atom is 0.417 e. The van der Waals surface area contributed by atoms with Gasteiger partial charge in [-0.25, -0.2) is 18.4 Å². The number of rotatable bonds is 5. The van der Waals surface area contributed by atoms with E-state index in [-0.39, 0.29) is 19.0 Å². The Labute approximate surface area is 178 Å². The van der Waals surface area contributed by atoms with Crippen LogP contribution >= 0.6 is 0 Å². The minimum absolute atomic E-state index is 0.0353. The first-order chi connectivity index (χ1) is 14.8. The summed E-state index contributed by atoms with van der Waals surface area (Å²) in [5, 5.41) is -0.995. The molecule has 2 atom stereocenters. The predicted molar refractivity (Wildman–Crippen MR) is 107 cm³/mol. The summed E-state index contributed by atoms with van der Waals surface area (Å²) < 4.78 is 72.4. The normalized spacial score (nSPS) is 23.3. The monoisotopic (exact) mass is 456 g/mol. The third-order valence-electron chi connectivity index (χ3n) is 5.70. The molecule has 0 saturated carbocycles. The molecule has 1 aromatic heterocycles. The molecule has 0 unspecified atom stereocenters. The minimum atomic E-state index is -4.75. The first-order valence-electron chi connectivity index (χ1n) is 10.0. The number of aromatic nitrogens is 2. The van der Waals surface area contributed by atoms with Crippen LogP contribution in [0.1, 0.15) is 12.0 Å². The van der Waals surface area contributed by atoms with Crippen LogP contribution in [0.15, 0.2) is 47.6 Å². The molecule has 0 radical (unpaired) electrons. The Morgan fingerprint density at radius 2 is 1.74 bits per heavy atom. The summed E-state index contributed by atoms with van der Waals surface area (Å²) in [7, 11) is -4.23. The van der Waals surface area contributed by atoms with E-state index in [1.165, 1.54) is 12.1 Å². The molecule has 0 bridgehead atoms. The zero-order valence-corrected chi connectivity index (χ0v) is 17.5. The molecule has 3 heterocycles. The lowest BCUT2D eigenvalue weighted by molar-refractivity contribution is -0.139. The topological polar surface area (TPSA) is 75.6 Å². The maximum absolute atomic E-state index is 13.5. The fraction of sp³-hybridized carbons (Fsp3) is 0.500. The van der Waals surface area contributed by atoms with Crippen molar-refractivity contribution in [2.75, 3.05) is 44.3 Å². The van der Waals surface area contributed by atoms with Gasteiger partial charge in [-0.2, -0.15) is 13.2 Å². The van der Waals surface area contributed by atoms with Crippen LogP contribution < -0.4 is 4.90 Å². The largest absolute Gasteiger partial charge is 0.417 e. The van der Waals surface area contributed by atoms with Crippen molar-refractivity contribution in [3.8, 4) is 0 Å². The standard InChI is InChI=1S/C20H23F3N4O3S/c21-20(22,23)17-4-1-2-5-18(17)31(28,29)16-12-15(13-26-8-10-30-11-9-26)27(14-16)19-24-6-3-7-25-19/h1-7,15-16H,8-14H2/t15-,16+/m1/s1. The second kappa shape index (κ2) is 8.71. The number of ether oxygens (including phenoxy) is 1. The number of benzene rings is 1. The lowest BCUT2D eigenvalue weighted by Crippen LogP contribution is -2.45. The van der Waals surface area contributed by atoms with Crippen LogP contribution in [0.5, 0.6) is 0 Å². The number of hydrogen-bond acceptors (Lipinski definition) is 7. The molecule has 1 aromatic carbocycles. The van der Waals surface area contributed by atoms with Crippen molar-refractivity contribution < 1.29 is 26.3 Å². The van der Waals surface area contributed by atoms with Gasteiger partial charge in [0.2, 0.25) is 5.95 Å². The van der Waals surface area contributed by atoms with Gasteiger partial charge in [-0.15, -0.1) is 0 Å². The first kappa shape index (κ1) is 22.0. The van der Waals surface area contributed by atoms with E-state index >= 15 is 0 Å². The molecule has 0 amide bonds. The van der Waals surface area contributed by atoms with E-state index in [4.69, 9.17) is 4.74 Å². The van der Waals surface area contributed by atoms with E-state index in [0.29, 0.717) is 38.8 Å². The van der Waals surface area contributed by atoms with Gasteiger partial charge in [0.25, 0.3) is 0 Å². The van der Waals surface area contributed by atoms with Gasteiger partial charge in [0.05, 0.1) is 28.9 Å². The van der Waals surface area contributed by atoms with Gasteiger partial charge in [0, 0.05) is 44.6 Å². The van der Waals surface area contributed by atoms with E-state index in [0.717, 1.165) is 12.1 Å². The highest BCUT2D eigenvalue weighted by atomic mass is 32.2. The average molecular weight is 456 g/mol. The third kappa shape index (κ3) is 4.68. The van der Waals surface area contributed by atoms with Crippen molar-refractivity contribution >= 4 is 15.8 Å². The summed E-state index contributed by atoms with van der Waals surface area (Å²) >= 11 is 0. The average Bonchev–Trinajstić information content (AvgIpc) is 3.19. The maximum atomic E-state index is 13.5. The fourth-order valence-corrected chi connectivity index (χ4v) is 6.12. The van der Waals surface area contributed by atoms with Crippen LogP contribution in [0.2, 0.25) is 0 Å².